The summed E-state index contributed by atoms with van der Waals surface area (Å²) in [4.78, 5) is 28.8. The molecule has 2 N–H and O–H groups in total. The molecular weight excluding hydrogens is 349 g/mol. The van der Waals surface area contributed by atoms with Gasteiger partial charge in [-0.3, -0.25) is 14.6 Å². The molecule has 0 atom stereocenters. The Balaban J connectivity index is 1.75. The molecular formula is C20H16FN3O3. The SMILES string of the molecule is COc1ccccc1NC(=O)c1cc(C(=O)Nc2ccc(F)cc2)ccn1. The van der Waals surface area contributed by atoms with E-state index in [4.69, 9.17) is 4.74 Å². The second-order valence-corrected chi connectivity index (χ2v) is 5.55. The minimum atomic E-state index is -0.476. The van der Waals surface area contributed by atoms with E-state index < -0.39 is 17.6 Å². The van der Waals surface area contributed by atoms with Crippen LogP contribution in [0.4, 0.5) is 15.8 Å². The minimum absolute atomic E-state index is 0.0765. The number of hydrogen-bond acceptors (Lipinski definition) is 4. The number of methoxy groups -OCH3 is 1. The number of hydrogen-bond donors (Lipinski definition) is 2. The van der Waals surface area contributed by atoms with Crippen LogP contribution in [0.15, 0.2) is 66.9 Å². The van der Waals surface area contributed by atoms with Crippen molar-refractivity contribution in [1.82, 2.24) is 4.98 Å². The van der Waals surface area contributed by atoms with E-state index in [0.717, 1.165) is 0 Å². The van der Waals surface area contributed by atoms with Crippen molar-refractivity contribution in [3.05, 3.63) is 83.9 Å². The summed E-state index contributed by atoms with van der Waals surface area (Å²) in [5.41, 5.74) is 1.26. The van der Waals surface area contributed by atoms with Gasteiger partial charge in [-0.1, -0.05) is 12.1 Å². The fourth-order valence-electron chi connectivity index (χ4n) is 2.37. The normalized spacial score (nSPS) is 10.1. The van der Waals surface area contributed by atoms with E-state index in [1.54, 1.807) is 24.3 Å². The average Bonchev–Trinajstić information content (AvgIpc) is 2.70. The van der Waals surface area contributed by atoms with Gasteiger partial charge < -0.3 is 15.4 Å². The fourth-order valence-corrected chi connectivity index (χ4v) is 2.37. The summed E-state index contributed by atoms with van der Waals surface area (Å²) in [6.07, 6.45) is 1.37. The van der Waals surface area contributed by atoms with Crippen molar-refractivity contribution in [2.75, 3.05) is 17.7 Å². The van der Waals surface area contributed by atoms with Gasteiger partial charge in [-0.05, 0) is 48.5 Å². The van der Waals surface area contributed by atoms with Gasteiger partial charge in [-0.2, -0.15) is 0 Å². The van der Waals surface area contributed by atoms with Crippen molar-refractivity contribution in [3.63, 3.8) is 0 Å². The van der Waals surface area contributed by atoms with Gasteiger partial charge >= 0.3 is 0 Å². The summed E-state index contributed by atoms with van der Waals surface area (Å²) in [5, 5.41) is 5.33. The Bertz CT molecular complexity index is 974. The zero-order valence-electron chi connectivity index (χ0n) is 14.4. The molecule has 1 heterocycles. The third-order valence-electron chi connectivity index (χ3n) is 3.71. The number of amides is 2. The summed E-state index contributed by atoms with van der Waals surface area (Å²) in [7, 11) is 1.50. The molecule has 0 saturated carbocycles. The van der Waals surface area contributed by atoms with Gasteiger partial charge in [0.25, 0.3) is 11.8 Å². The lowest BCUT2D eigenvalue weighted by atomic mass is 10.2. The van der Waals surface area contributed by atoms with Crippen LogP contribution < -0.4 is 15.4 Å². The zero-order chi connectivity index (χ0) is 19.2. The largest absolute Gasteiger partial charge is 0.495 e. The number of carbonyl (C=O) groups is 2. The highest BCUT2D eigenvalue weighted by Gasteiger charge is 2.14. The van der Waals surface area contributed by atoms with E-state index in [0.29, 0.717) is 17.1 Å². The van der Waals surface area contributed by atoms with E-state index in [9.17, 15) is 14.0 Å². The number of benzene rings is 2. The van der Waals surface area contributed by atoms with Crippen LogP contribution in [-0.4, -0.2) is 23.9 Å². The first-order valence-corrected chi connectivity index (χ1v) is 8.04. The van der Waals surface area contributed by atoms with Gasteiger partial charge in [-0.15, -0.1) is 0 Å². The maximum Gasteiger partial charge on any atom is 0.274 e. The van der Waals surface area contributed by atoms with Gasteiger partial charge in [0.15, 0.2) is 0 Å². The van der Waals surface area contributed by atoms with Crippen LogP contribution in [0.2, 0.25) is 0 Å². The number of para-hydroxylation sites is 2. The van der Waals surface area contributed by atoms with Gasteiger partial charge in [-0.25, -0.2) is 4.39 Å². The summed E-state index contributed by atoms with van der Waals surface area (Å²) in [5.74, 6) is -0.797. The molecule has 2 amide bonds. The monoisotopic (exact) mass is 365 g/mol. The molecule has 0 radical (unpaired) electrons. The quantitative estimate of drug-likeness (QED) is 0.722. The van der Waals surface area contributed by atoms with Crippen LogP contribution in [0.25, 0.3) is 0 Å². The molecule has 0 saturated heterocycles. The number of ether oxygens (including phenoxy) is 1. The Morgan fingerprint density at radius 2 is 1.70 bits per heavy atom. The maximum atomic E-state index is 12.9. The number of nitrogens with one attached hydrogen (secondary N) is 2. The summed E-state index contributed by atoms with van der Waals surface area (Å²) < 4.78 is 18.1. The molecule has 3 rings (SSSR count). The molecule has 3 aromatic rings. The van der Waals surface area contributed by atoms with Crippen LogP contribution in [0.1, 0.15) is 20.8 Å². The number of pyridine rings is 1. The van der Waals surface area contributed by atoms with Crippen molar-refractivity contribution in [3.8, 4) is 5.75 Å². The number of anilines is 2. The van der Waals surface area contributed by atoms with Gasteiger partial charge in [0.05, 0.1) is 12.8 Å². The lowest BCUT2D eigenvalue weighted by molar-refractivity contribution is 0.102. The van der Waals surface area contributed by atoms with Gasteiger partial charge in [0, 0.05) is 17.4 Å². The molecule has 6 nitrogen and oxygen atoms in total. The number of nitrogens with zero attached hydrogens (tertiary/aromatic N) is 1. The number of carbonyl (C=O) groups excluding carboxylic acids is 2. The number of rotatable bonds is 5. The molecule has 136 valence electrons. The molecule has 0 unspecified atom stereocenters. The molecule has 0 fully saturated rings. The van der Waals surface area contributed by atoms with E-state index >= 15 is 0 Å². The Hall–Kier alpha value is -3.74. The molecule has 2 aromatic carbocycles. The maximum absolute atomic E-state index is 12.9. The highest BCUT2D eigenvalue weighted by atomic mass is 19.1. The van der Waals surface area contributed by atoms with Crippen LogP contribution >= 0.6 is 0 Å². The highest BCUT2D eigenvalue weighted by molar-refractivity contribution is 6.08. The Kier molecular flexibility index (Phi) is 5.41. The van der Waals surface area contributed by atoms with Crippen LogP contribution in [0, 0.1) is 5.82 Å². The summed E-state index contributed by atoms with van der Waals surface area (Å²) >= 11 is 0. The van der Waals surface area contributed by atoms with Crippen LogP contribution in [-0.2, 0) is 0 Å². The predicted octanol–water partition coefficient (Wildman–Crippen LogP) is 3.73. The van der Waals surface area contributed by atoms with Crippen molar-refractivity contribution in [1.29, 1.82) is 0 Å². The molecule has 0 aliphatic heterocycles. The molecule has 0 spiro atoms. The van der Waals surface area contributed by atoms with Crippen molar-refractivity contribution >= 4 is 23.2 Å². The fraction of sp³-hybridized carbons (Fsp3) is 0.0500. The smallest absolute Gasteiger partial charge is 0.274 e. The predicted molar refractivity (Wildman–Crippen MR) is 99.5 cm³/mol. The van der Waals surface area contributed by atoms with Crippen molar-refractivity contribution < 1.29 is 18.7 Å². The van der Waals surface area contributed by atoms with E-state index in [-0.39, 0.29) is 11.3 Å². The molecule has 1 aromatic heterocycles. The summed E-state index contributed by atoms with van der Waals surface area (Å²) in [6.45, 7) is 0. The Morgan fingerprint density at radius 1 is 0.963 bits per heavy atom. The topological polar surface area (TPSA) is 80.3 Å². The Labute approximate surface area is 155 Å². The lowest BCUT2D eigenvalue weighted by Gasteiger charge is -2.10. The van der Waals surface area contributed by atoms with Gasteiger partial charge in [0.1, 0.15) is 17.3 Å². The van der Waals surface area contributed by atoms with E-state index in [1.165, 1.54) is 49.7 Å². The third kappa shape index (κ3) is 4.46. The average molecular weight is 365 g/mol. The summed E-state index contributed by atoms with van der Waals surface area (Å²) in [6, 6.07) is 15.2. The van der Waals surface area contributed by atoms with Crippen molar-refractivity contribution in [2.45, 2.75) is 0 Å². The second-order valence-electron chi connectivity index (χ2n) is 5.55. The van der Waals surface area contributed by atoms with E-state index in [2.05, 4.69) is 15.6 Å². The van der Waals surface area contributed by atoms with Gasteiger partial charge in [0.2, 0.25) is 0 Å². The number of aromatic nitrogens is 1. The molecule has 0 aliphatic rings. The first kappa shape index (κ1) is 18.1. The second kappa shape index (κ2) is 8.09. The lowest BCUT2D eigenvalue weighted by Crippen LogP contribution is -2.17. The first-order valence-electron chi connectivity index (χ1n) is 8.04. The van der Waals surface area contributed by atoms with Crippen LogP contribution in [0.5, 0.6) is 5.75 Å². The Morgan fingerprint density at radius 3 is 2.44 bits per heavy atom. The molecule has 0 aliphatic carbocycles. The zero-order valence-corrected chi connectivity index (χ0v) is 14.4. The van der Waals surface area contributed by atoms with Crippen molar-refractivity contribution in [2.24, 2.45) is 0 Å². The molecule has 27 heavy (non-hydrogen) atoms. The minimum Gasteiger partial charge on any atom is -0.495 e. The molecule has 7 heteroatoms. The third-order valence-corrected chi connectivity index (χ3v) is 3.71. The standard InChI is InChI=1S/C20H16FN3O3/c1-27-18-5-3-2-4-16(18)24-20(26)17-12-13(10-11-22-17)19(25)23-15-8-6-14(21)7-9-15/h2-12H,1H3,(H,23,25)(H,24,26). The molecule has 0 bridgehead atoms. The highest BCUT2D eigenvalue weighted by Crippen LogP contribution is 2.23. The van der Waals surface area contributed by atoms with E-state index in [1.807, 2.05) is 0 Å². The first-order chi connectivity index (χ1) is 13.1. The van der Waals surface area contributed by atoms with Crippen LogP contribution in [0.3, 0.4) is 0 Å². The number of halogens is 1.